The fourth-order valence-corrected chi connectivity index (χ4v) is 5.69. The van der Waals surface area contributed by atoms with Crippen molar-refractivity contribution in [3.05, 3.63) is 60.6 Å². The second-order valence-corrected chi connectivity index (χ2v) is 10.2. The van der Waals surface area contributed by atoms with Crippen LogP contribution >= 0.6 is 11.8 Å². The lowest BCUT2D eigenvalue weighted by molar-refractivity contribution is -0.193. The highest BCUT2D eigenvalue weighted by molar-refractivity contribution is 8.01. The number of ether oxygens (including phenoxy) is 1. The Hall–Kier alpha value is -3.46. The van der Waals surface area contributed by atoms with Crippen LogP contribution in [0.2, 0.25) is 0 Å². The Bertz CT molecular complexity index is 1240. The average molecular weight is 580 g/mol. The molecule has 4 heterocycles. The van der Waals surface area contributed by atoms with Crippen LogP contribution in [0.5, 0.6) is 5.75 Å². The number of carboxylic acid groups (broad SMARTS) is 2. The van der Waals surface area contributed by atoms with Gasteiger partial charge < -0.3 is 19.9 Å². The number of benzene rings is 1. The number of carbonyl (C=O) groups is 2. The second-order valence-electron chi connectivity index (χ2n) is 8.73. The molecular formula is C24H23F6N3O5S. The van der Waals surface area contributed by atoms with Crippen molar-refractivity contribution >= 4 is 34.6 Å². The largest absolute Gasteiger partial charge is 0.490 e. The molecule has 3 aromatic rings. The van der Waals surface area contributed by atoms with E-state index >= 15 is 0 Å². The Kier molecular flexibility index (Phi) is 9.38. The Labute approximate surface area is 222 Å². The van der Waals surface area contributed by atoms with E-state index in [4.69, 9.17) is 24.5 Å². The third-order valence-electron chi connectivity index (χ3n) is 5.70. The van der Waals surface area contributed by atoms with Gasteiger partial charge in [0.1, 0.15) is 11.9 Å². The van der Waals surface area contributed by atoms with Crippen LogP contribution in [0.25, 0.3) is 10.9 Å². The number of rotatable bonds is 4. The first-order valence-electron chi connectivity index (χ1n) is 11.3. The van der Waals surface area contributed by atoms with Crippen LogP contribution in [-0.2, 0) is 16.1 Å². The van der Waals surface area contributed by atoms with Crippen LogP contribution < -0.4 is 4.74 Å². The van der Waals surface area contributed by atoms with Crippen molar-refractivity contribution in [2.45, 2.75) is 36.2 Å². The van der Waals surface area contributed by atoms with E-state index in [-0.39, 0.29) is 0 Å². The molecule has 1 unspecified atom stereocenters. The van der Waals surface area contributed by atoms with Crippen molar-refractivity contribution in [3.8, 4) is 5.75 Å². The summed E-state index contributed by atoms with van der Waals surface area (Å²) in [5, 5.41) is 15.6. The van der Waals surface area contributed by atoms with Gasteiger partial charge in [-0.2, -0.15) is 26.3 Å². The monoisotopic (exact) mass is 579 g/mol. The molecular weight excluding hydrogens is 556 g/mol. The van der Waals surface area contributed by atoms with E-state index in [1.807, 2.05) is 18.3 Å². The summed E-state index contributed by atoms with van der Waals surface area (Å²) in [5.41, 5.74) is 2.65. The van der Waals surface area contributed by atoms with Crippen LogP contribution in [-0.4, -0.2) is 79.1 Å². The maximum atomic E-state index is 10.6. The molecule has 0 aliphatic carbocycles. The van der Waals surface area contributed by atoms with Gasteiger partial charge in [0.05, 0.1) is 6.20 Å². The number of aromatic amines is 1. The summed E-state index contributed by atoms with van der Waals surface area (Å²) in [6, 6.07) is 12.6. The Morgan fingerprint density at radius 1 is 1.05 bits per heavy atom. The topological polar surface area (TPSA) is 116 Å². The molecule has 15 heteroatoms. The number of carboxylic acids is 2. The number of nitrogens with one attached hydrogen (secondary N) is 1. The predicted octanol–water partition coefficient (Wildman–Crippen LogP) is 4.97. The van der Waals surface area contributed by atoms with Crippen molar-refractivity contribution < 1.29 is 50.9 Å². The van der Waals surface area contributed by atoms with Gasteiger partial charge in [0.2, 0.25) is 0 Å². The first-order chi connectivity index (χ1) is 18.2. The van der Waals surface area contributed by atoms with Crippen LogP contribution in [0.15, 0.2) is 55.0 Å². The zero-order valence-corrected chi connectivity index (χ0v) is 20.8. The number of hydrogen-bond acceptors (Lipinski definition) is 6. The van der Waals surface area contributed by atoms with Crippen LogP contribution in [0.4, 0.5) is 26.3 Å². The van der Waals surface area contributed by atoms with Gasteiger partial charge in [0, 0.05) is 59.9 Å². The number of alkyl halides is 6. The standard InChI is InChI=1S/C20H21N3OS.2C2HF3O2/c1-3-15(18-6-8-22-19(18)5-1)11-23-13-20(14-23)9-17(12-25-20)24-16-4-2-7-21-10-16;2*3-2(4,5)1(6)7/h1-8,10,17,22H,9,11-14H2;2*(H,6,7). The molecule has 0 saturated carbocycles. The van der Waals surface area contributed by atoms with Crippen LogP contribution in [0.3, 0.4) is 0 Å². The van der Waals surface area contributed by atoms with Crippen molar-refractivity contribution in [1.29, 1.82) is 0 Å². The second kappa shape index (κ2) is 12.2. The molecule has 2 saturated heterocycles. The minimum absolute atomic E-state index is 0.310. The number of likely N-dealkylation sites (tertiary alicyclic amines) is 1. The number of thioether (sulfide) groups is 1. The number of halogens is 6. The molecule has 39 heavy (non-hydrogen) atoms. The van der Waals surface area contributed by atoms with Gasteiger partial charge in [-0.15, -0.1) is 11.8 Å². The molecule has 2 fully saturated rings. The fraction of sp³-hybridized carbons (Fsp3) is 0.375. The maximum Gasteiger partial charge on any atom is 0.490 e. The zero-order chi connectivity index (χ0) is 28.8. The normalized spacial score (nSPS) is 18.4. The molecule has 2 aliphatic rings. The molecule has 3 N–H and O–H groups in total. The van der Waals surface area contributed by atoms with E-state index in [0.717, 1.165) is 37.6 Å². The van der Waals surface area contributed by atoms with E-state index < -0.39 is 24.3 Å². The first-order valence-corrected chi connectivity index (χ1v) is 12.3. The summed E-state index contributed by atoms with van der Waals surface area (Å²) in [5.74, 6) is -3.55. The van der Waals surface area contributed by atoms with Gasteiger partial charge in [0.15, 0.2) is 0 Å². The molecule has 0 radical (unpaired) electrons. The number of pyridine rings is 1. The van der Waals surface area contributed by atoms with Gasteiger partial charge in [-0.1, -0.05) is 12.1 Å². The lowest BCUT2D eigenvalue weighted by atomic mass is 9.92. The quantitative estimate of drug-likeness (QED) is 0.372. The highest BCUT2D eigenvalue weighted by Gasteiger charge is 2.49. The van der Waals surface area contributed by atoms with Gasteiger partial charge >= 0.3 is 24.3 Å². The van der Waals surface area contributed by atoms with Crippen LogP contribution in [0.1, 0.15) is 12.0 Å². The zero-order valence-electron chi connectivity index (χ0n) is 20.0. The number of H-pyrrole nitrogens is 1. The minimum atomic E-state index is -5.08. The minimum Gasteiger partial charge on any atom is -0.488 e. The number of hydrogen-bond donors (Lipinski definition) is 3. The summed E-state index contributed by atoms with van der Waals surface area (Å²) in [6.07, 6.45) is -3.10. The highest BCUT2D eigenvalue weighted by atomic mass is 32.2. The molecule has 0 amide bonds. The number of aromatic nitrogens is 2. The van der Waals surface area contributed by atoms with E-state index in [9.17, 15) is 26.3 Å². The summed E-state index contributed by atoms with van der Waals surface area (Å²) < 4.78 is 70.0. The molecule has 0 bridgehead atoms. The highest BCUT2D eigenvalue weighted by Crippen LogP contribution is 2.46. The molecule has 2 aromatic heterocycles. The average Bonchev–Trinajstić information content (AvgIpc) is 3.47. The lowest BCUT2D eigenvalue weighted by Crippen LogP contribution is -2.58. The molecule has 1 atom stereocenters. The van der Waals surface area contributed by atoms with Crippen molar-refractivity contribution in [2.24, 2.45) is 0 Å². The number of aliphatic carboxylic acids is 2. The summed E-state index contributed by atoms with van der Waals surface area (Å²) in [7, 11) is 0. The van der Waals surface area contributed by atoms with Crippen LogP contribution in [0, 0.1) is 0 Å². The lowest BCUT2D eigenvalue weighted by Gasteiger charge is -2.47. The molecule has 1 spiro atoms. The summed E-state index contributed by atoms with van der Waals surface area (Å²) in [6.45, 7) is 3.35. The number of nitrogens with zero attached hydrogens (tertiary/aromatic N) is 2. The van der Waals surface area contributed by atoms with Crippen molar-refractivity contribution in [1.82, 2.24) is 14.9 Å². The van der Waals surface area contributed by atoms with Gasteiger partial charge in [-0.25, -0.2) is 9.59 Å². The molecule has 1 aromatic carbocycles. The van der Waals surface area contributed by atoms with E-state index in [1.54, 1.807) is 12.4 Å². The number of fused-ring (bicyclic) bond motifs is 1. The molecule has 5 rings (SSSR count). The van der Waals surface area contributed by atoms with Gasteiger partial charge in [-0.05, 0) is 29.8 Å². The van der Waals surface area contributed by atoms with E-state index in [1.165, 1.54) is 16.5 Å². The first kappa shape index (κ1) is 30.1. The summed E-state index contributed by atoms with van der Waals surface area (Å²) >= 11 is 2.09. The van der Waals surface area contributed by atoms with Gasteiger partial charge in [0.25, 0.3) is 0 Å². The molecule has 2 aliphatic heterocycles. The predicted molar refractivity (Wildman–Crippen MR) is 129 cm³/mol. The van der Waals surface area contributed by atoms with Gasteiger partial charge in [-0.3, -0.25) is 9.88 Å². The SMILES string of the molecule is O=C(O)C(F)(F)F.O=C(O)C(F)(F)F.c1cncc(OC2CSC3(C2)CN(Cc2cccc4[nH]ccc24)C3)c1. The van der Waals surface area contributed by atoms with Crippen molar-refractivity contribution in [3.63, 3.8) is 0 Å². The summed E-state index contributed by atoms with van der Waals surface area (Å²) in [4.78, 5) is 27.8. The Morgan fingerprint density at radius 3 is 2.26 bits per heavy atom. The maximum absolute atomic E-state index is 10.6. The smallest absolute Gasteiger partial charge is 0.488 e. The van der Waals surface area contributed by atoms with Crippen molar-refractivity contribution in [2.75, 3.05) is 18.8 Å². The molecule has 212 valence electrons. The molecule has 8 nitrogen and oxygen atoms in total. The third kappa shape index (κ3) is 8.51. The Balaban J connectivity index is 0.000000251. The Morgan fingerprint density at radius 2 is 1.69 bits per heavy atom. The van der Waals surface area contributed by atoms with E-state index in [0.29, 0.717) is 10.9 Å². The van der Waals surface area contributed by atoms with E-state index in [2.05, 4.69) is 50.9 Å². The fourth-order valence-electron chi connectivity index (χ4n) is 4.12. The third-order valence-corrected chi connectivity index (χ3v) is 7.28.